The van der Waals surface area contributed by atoms with E-state index in [1.165, 1.54) is 0 Å². The average Bonchev–Trinajstić information content (AvgIpc) is 3.08. The highest BCUT2D eigenvalue weighted by Gasteiger charge is 2.24. The summed E-state index contributed by atoms with van der Waals surface area (Å²) in [5.41, 5.74) is 10.4. The zero-order chi connectivity index (χ0) is 19.0. The van der Waals surface area contributed by atoms with Gasteiger partial charge in [0.05, 0.1) is 11.4 Å². The molecule has 1 fully saturated rings. The first-order valence-electron chi connectivity index (χ1n) is 9.69. The number of pyridine rings is 1. The van der Waals surface area contributed by atoms with Crippen LogP contribution in [0.2, 0.25) is 0 Å². The molecule has 0 atom stereocenters. The van der Waals surface area contributed by atoms with Crippen LogP contribution in [0, 0.1) is 0 Å². The Bertz CT molecular complexity index is 917. The summed E-state index contributed by atoms with van der Waals surface area (Å²) in [7, 11) is 0. The highest BCUT2D eigenvalue weighted by atomic mass is 15.3. The Morgan fingerprint density at radius 2 is 1.93 bits per heavy atom. The summed E-state index contributed by atoms with van der Waals surface area (Å²) in [6.07, 6.45) is 4.05. The predicted molar refractivity (Wildman–Crippen MR) is 108 cm³/mol. The Morgan fingerprint density at radius 3 is 2.59 bits per heavy atom. The van der Waals surface area contributed by atoms with Crippen molar-refractivity contribution in [3.8, 4) is 0 Å². The van der Waals surface area contributed by atoms with Gasteiger partial charge in [0, 0.05) is 41.9 Å². The number of hydrogen-bond acceptors (Lipinski definition) is 5. The number of likely N-dealkylation sites (tertiary alicyclic amines) is 1. The van der Waals surface area contributed by atoms with Crippen molar-refractivity contribution in [2.24, 2.45) is 0 Å². The highest BCUT2D eigenvalue weighted by molar-refractivity contribution is 5.49. The zero-order valence-corrected chi connectivity index (χ0v) is 16.4. The van der Waals surface area contributed by atoms with Gasteiger partial charge in [-0.1, -0.05) is 26.8 Å². The molecule has 3 aromatic heterocycles. The van der Waals surface area contributed by atoms with E-state index in [0.717, 1.165) is 55.2 Å². The molecule has 1 aliphatic rings. The highest BCUT2D eigenvalue weighted by Crippen LogP contribution is 2.30. The van der Waals surface area contributed by atoms with Gasteiger partial charge >= 0.3 is 0 Å². The molecule has 4 rings (SSSR count). The van der Waals surface area contributed by atoms with Crippen molar-refractivity contribution in [3.05, 3.63) is 53.6 Å². The molecule has 2 N–H and O–H groups in total. The van der Waals surface area contributed by atoms with Crippen molar-refractivity contribution in [2.45, 2.75) is 51.5 Å². The minimum atomic E-state index is -0.0167. The molecule has 0 unspecified atom stereocenters. The first-order chi connectivity index (χ1) is 12.9. The van der Waals surface area contributed by atoms with Gasteiger partial charge in [0.2, 0.25) is 0 Å². The van der Waals surface area contributed by atoms with Crippen LogP contribution in [-0.2, 0) is 12.0 Å². The van der Waals surface area contributed by atoms with Gasteiger partial charge in [0.1, 0.15) is 5.82 Å². The smallest absolute Gasteiger partial charge is 0.157 e. The molecule has 0 bridgehead atoms. The number of nitrogen functional groups attached to an aromatic ring is 1. The number of nitrogens with two attached hydrogens (primary N) is 1. The number of fused-ring (bicyclic) bond motifs is 1. The molecular formula is C21H28N6. The summed E-state index contributed by atoms with van der Waals surface area (Å²) < 4.78 is 1.76. The van der Waals surface area contributed by atoms with Crippen LogP contribution in [0.5, 0.6) is 0 Å². The maximum absolute atomic E-state index is 6.29. The Labute approximate surface area is 160 Å². The van der Waals surface area contributed by atoms with Gasteiger partial charge in [-0.3, -0.25) is 9.88 Å². The van der Waals surface area contributed by atoms with Crippen molar-refractivity contribution < 1.29 is 0 Å². The third-order valence-electron chi connectivity index (χ3n) is 5.36. The van der Waals surface area contributed by atoms with E-state index in [4.69, 9.17) is 10.7 Å². The molecule has 1 aliphatic heterocycles. The molecular weight excluding hydrogens is 336 g/mol. The van der Waals surface area contributed by atoms with Gasteiger partial charge in [-0.05, 0) is 38.1 Å². The second-order valence-corrected chi connectivity index (χ2v) is 8.53. The summed E-state index contributed by atoms with van der Waals surface area (Å²) in [4.78, 5) is 11.8. The minimum Gasteiger partial charge on any atom is -0.384 e. The van der Waals surface area contributed by atoms with E-state index in [0.29, 0.717) is 11.7 Å². The van der Waals surface area contributed by atoms with Crippen molar-refractivity contribution in [3.63, 3.8) is 0 Å². The molecule has 3 aromatic rings. The molecule has 142 valence electrons. The van der Waals surface area contributed by atoms with Gasteiger partial charge in [0.15, 0.2) is 5.65 Å². The van der Waals surface area contributed by atoms with Crippen molar-refractivity contribution in [1.29, 1.82) is 0 Å². The molecule has 0 radical (unpaired) electrons. The Kier molecular flexibility index (Phi) is 4.60. The SMILES string of the molecule is CC(C)(C)c1cc2nc(C3CCN(Cc4ccccn4)CC3)cc(N)n2n1. The molecule has 4 heterocycles. The van der Waals surface area contributed by atoms with E-state index in [1.54, 1.807) is 4.52 Å². The number of hydrogen-bond donors (Lipinski definition) is 1. The third-order valence-corrected chi connectivity index (χ3v) is 5.36. The lowest BCUT2D eigenvalue weighted by molar-refractivity contribution is 0.201. The summed E-state index contributed by atoms with van der Waals surface area (Å²) in [6.45, 7) is 9.50. The van der Waals surface area contributed by atoms with Gasteiger partial charge in [0.25, 0.3) is 0 Å². The Balaban J connectivity index is 1.48. The fraction of sp³-hybridized carbons (Fsp3) is 0.476. The molecule has 1 saturated heterocycles. The maximum atomic E-state index is 6.29. The first kappa shape index (κ1) is 17.9. The lowest BCUT2D eigenvalue weighted by atomic mass is 9.92. The first-order valence-corrected chi connectivity index (χ1v) is 9.69. The molecule has 27 heavy (non-hydrogen) atoms. The van der Waals surface area contributed by atoms with Gasteiger partial charge < -0.3 is 5.73 Å². The number of aromatic nitrogens is 4. The van der Waals surface area contributed by atoms with E-state index in [2.05, 4.69) is 54.0 Å². The van der Waals surface area contributed by atoms with Crippen molar-refractivity contribution in [2.75, 3.05) is 18.8 Å². The topological polar surface area (TPSA) is 72.3 Å². The van der Waals surface area contributed by atoms with E-state index in [9.17, 15) is 0 Å². The largest absolute Gasteiger partial charge is 0.384 e. The van der Waals surface area contributed by atoms with Gasteiger partial charge in [-0.25, -0.2) is 4.98 Å². The molecule has 0 amide bonds. The summed E-state index contributed by atoms with van der Waals surface area (Å²) in [5.74, 6) is 1.12. The van der Waals surface area contributed by atoms with Crippen molar-refractivity contribution in [1.82, 2.24) is 24.5 Å². The summed E-state index contributed by atoms with van der Waals surface area (Å²) in [6, 6.07) is 10.2. The average molecular weight is 364 g/mol. The maximum Gasteiger partial charge on any atom is 0.157 e. The predicted octanol–water partition coefficient (Wildman–Crippen LogP) is 3.38. The monoisotopic (exact) mass is 364 g/mol. The second kappa shape index (κ2) is 6.93. The molecule has 6 nitrogen and oxygen atoms in total. The molecule has 0 aliphatic carbocycles. The van der Waals surface area contributed by atoms with Crippen LogP contribution in [0.15, 0.2) is 36.5 Å². The van der Waals surface area contributed by atoms with Crippen LogP contribution in [0.3, 0.4) is 0 Å². The van der Waals surface area contributed by atoms with E-state index in [1.807, 2.05) is 18.3 Å². The van der Waals surface area contributed by atoms with Gasteiger partial charge in [-0.15, -0.1) is 0 Å². The lowest BCUT2D eigenvalue weighted by Gasteiger charge is -2.31. The molecule has 6 heteroatoms. The van der Waals surface area contributed by atoms with E-state index >= 15 is 0 Å². The quantitative estimate of drug-likeness (QED) is 0.771. The van der Waals surface area contributed by atoms with Crippen molar-refractivity contribution >= 4 is 11.5 Å². The normalized spacial score (nSPS) is 16.9. The third kappa shape index (κ3) is 3.81. The molecule has 0 aromatic carbocycles. The minimum absolute atomic E-state index is 0.0167. The van der Waals surface area contributed by atoms with Crippen LogP contribution in [0.25, 0.3) is 5.65 Å². The summed E-state index contributed by atoms with van der Waals surface area (Å²) in [5, 5.41) is 4.64. The Hall–Kier alpha value is -2.47. The van der Waals surface area contributed by atoms with E-state index in [-0.39, 0.29) is 5.41 Å². The van der Waals surface area contributed by atoms with Crippen LogP contribution >= 0.6 is 0 Å². The van der Waals surface area contributed by atoms with Crippen LogP contribution in [0.4, 0.5) is 5.82 Å². The summed E-state index contributed by atoms with van der Waals surface area (Å²) >= 11 is 0. The molecule has 0 saturated carbocycles. The fourth-order valence-electron chi connectivity index (χ4n) is 3.70. The van der Waals surface area contributed by atoms with Gasteiger partial charge in [-0.2, -0.15) is 9.61 Å². The number of piperidine rings is 1. The second-order valence-electron chi connectivity index (χ2n) is 8.53. The lowest BCUT2D eigenvalue weighted by Crippen LogP contribution is -2.33. The zero-order valence-electron chi connectivity index (χ0n) is 16.4. The Morgan fingerprint density at radius 1 is 1.15 bits per heavy atom. The number of nitrogens with zero attached hydrogens (tertiary/aromatic N) is 5. The number of rotatable bonds is 3. The van der Waals surface area contributed by atoms with Crippen LogP contribution in [-0.4, -0.2) is 37.6 Å². The molecule has 0 spiro atoms. The standard InChI is InChI=1S/C21H28N6/c1-21(2,3)18-13-20-24-17(12-19(22)27(20)25-18)15-7-10-26(11-8-15)14-16-6-4-5-9-23-16/h4-6,9,12-13,15H,7-8,10-11,14,22H2,1-3H3. The fourth-order valence-corrected chi connectivity index (χ4v) is 3.70. The van der Waals surface area contributed by atoms with Crippen LogP contribution in [0.1, 0.15) is 56.6 Å². The van der Waals surface area contributed by atoms with E-state index < -0.39 is 0 Å². The number of anilines is 1. The van der Waals surface area contributed by atoms with Crippen LogP contribution < -0.4 is 5.73 Å².